The number of benzene rings is 1. The van der Waals surface area contributed by atoms with Crippen LogP contribution in [0.1, 0.15) is 44.7 Å². The van der Waals surface area contributed by atoms with Crippen molar-refractivity contribution in [3.8, 4) is 5.75 Å². The molecule has 2 rings (SSSR count). The number of ether oxygens (including phenoxy) is 1. The number of aryl methyl sites for hydroxylation is 1. The molecule has 0 saturated carbocycles. The molecule has 0 radical (unpaired) electrons. The molecular formula is C18H29NOS. The third kappa shape index (κ3) is 5.23. The van der Waals surface area contributed by atoms with Gasteiger partial charge in [-0.15, -0.1) is 0 Å². The highest BCUT2D eigenvalue weighted by molar-refractivity contribution is 7.99. The van der Waals surface area contributed by atoms with E-state index in [0.717, 1.165) is 37.0 Å². The molecule has 1 N–H and O–H groups in total. The van der Waals surface area contributed by atoms with Crippen molar-refractivity contribution in [2.24, 2.45) is 0 Å². The molecule has 2 atom stereocenters. The Morgan fingerprint density at radius 2 is 2.19 bits per heavy atom. The lowest BCUT2D eigenvalue weighted by Gasteiger charge is -2.19. The summed E-state index contributed by atoms with van der Waals surface area (Å²) in [5, 5.41) is 4.41. The van der Waals surface area contributed by atoms with Crippen molar-refractivity contribution in [3.63, 3.8) is 0 Å². The largest absolute Gasteiger partial charge is 0.493 e. The Balaban J connectivity index is 1.83. The third-order valence-electron chi connectivity index (χ3n) is 4.18. The molecule has 0 fully saturated rings. The van der Waals surface area contributed by atoms with Gasteiger partial charge in [0.05, 0.1) is 6.61 Å². The molecule has 3 heteroatoms. The molecule has 2 nitrogen and oxygen atoms in total. The standard InChI is InChI=1S/C18H29NOS/c1-4-14(3)21-13-17(19-5-2)8-6-15-7-9-18-16(12-15)10-11-20-18/h7,9,12,14,17,19H,4-6,8,10-11,13H2,1-3H3. The van der Waals surface area contributed by atoms with Gasteiger partial charge in [-0.3, -0.25) is 0 Å². The van der Waals surface area contributed by atoms with Gasteiger partial charge in [0.15, 0.2) is 0 Å². The first-order valence-electron chi connectivity index (χ1n) is 8.32. The van der Waals surface area contributed by atoms with Crippen molar-refractivity contribution in [1.82, 2.24) is 5.32 Å². The van der Waals surface area contributed by atoms with Gasteiger partial charge in [-0.05, 0) is 43.0 Å². The van der Waals surface area contributed by atoms with E-state index in [1.807, 2.05) is 0 Å². The van der Waals surface area contributed by atoms with E-state index in [1.54, 1.807) is 0 Å². The Bertz CT molecular complexity index is 435. The molecule has 21 heavy (non-hydrogen) atoms. The van der Waals surface area contributed by atoms with Gasteiger partial charge >= 0.3 is 0 Å². The van der Waals surface area contributed by atoms with Crippen molar-refractivity contribution in [2.45, 2.75) is 57.7 Å². The first-order chi connectivity index (χ1) is 10.2. The van der Waals surface area contributed by atoms with Gasteiger partial charge in [-0.1, -0.05) is 32.9 Å². The number of fused-ring (bicyclic) bond motifs is 1. The summed E-state index contributed by atoms with van der Waals surface area (Å²) in [5.74, 6) is 2.31. The van der Waals surface area contributed by atoms with Crippen LogP contribution in [0.15, 0.2) is 18.2 Å². The van der Waals surface area contributed by atoms with E-state index in [1.165, 1.54) is 29.7 Å². The van der Waals surface area contributed by atoms with Crippen molar-refractivity contribution < 1.29 is 4.74 Å². The molecule has 1 aromatic rings. The minimum Gasteiger partial charge on any atom is -0.493 e. The zero-order valence-electron chi connectivity index (χ0n) is 13.7. The van der Waals surface area contributed by atoms with Crippen LogP contribution in [-0.2, 0) is 12.8 Å². The molecule has 1 aliphatic rings. The highest BCUT2D eigenvalue weighted by Gasteiger charge is 2.14. The fourth-order valence-corrected chi connectivity index (χ4v) is 3.75. The van der Waals surface area contributed by atoms with Gasteiger partial charge in [-0.25, -0.2) is 0 Å². The van der Waals surface area contributed by atoms with Gasteiger partial charge in [0, 0.05) is 23.5 Å². The van der Waals surface area contributed by atoms with Gasteiger partial charge in [0.1, 0.15) is 5.75 Å². The number of nitrogens with one attached hydrogen (secondary N) is 1. The van der Waals surface area contributed by atoms with Crippen molar-refractivity contribution in [1.29, 1.82) is 0 Å². The fraction of sp³-hybridized carbons (Fsp3) is 0.667. The normalized spacial score (nSPS) is 16.3. The lowest BCUT2D eigenvalue weighted by Crippen LogP contribution is -2.32. The summed E-state index contributed by atoms with van der Waals surface area (Å²) >= 11 is 2.10. The summed E-state index contributed by atoms with van der Waals surface area (Å²) in [6.45, 7) is 8.71. The number of thioether (sulfide) groups is 1. The van der Waals surface area contributed by atoms with Crippen LogP contribution in [0.2, 0.25) is 0 Å². The van der Waals surface area contributed by atoms with Crippen LogP contribution in [0.4, 0.5) is 0 Å². The molecule has 0 aliphatic carbocycles. The van der Waals surface area contributed by atoms with E-state index in [4.69, 9.17) is 4.74 Å². The maximum atomic E-state index is 5.58. The summed E-state index contributed by atoms with van der Waals surface area (Å²) in [4.78, 5) is 0. The maximum absolute atomic E-state index is 5.58. The SMILES string of the molecule is CCNC(CCc1ccc2c(c1)CCO2)CSC(C)CC. The van der Waals surface area contributed by atoms with Gasteiger partial charge in [-0.2, -0.15) is 11.8 Å². The van der Waals surface area contributed by atoms with Crippen LogP contribution in [0.3, 0.4) is 0 Å². The number of hydrogen-bond donors (Lipinski definition) is 1. The molecule has 0 aromatic heterocycles. The Hall–Kier alpha value is -0.670. The molecular weight excluding hydrogens is 278 g/mol. The highest BCUT2D eigenvalue weighted by Crippen LogP contribution is 2.26. The second-order valence-electron chi connectivity index (χ2n) is 5.89. The van der Waals surface area contributed by atoms with E-state index >= 15 is 0 Å². The molecule has 2 unspecified atom stereocenters. The Labute approximate surface area is 134 Å². The van der Waals surface area contributed by atoms with Crippen LogP contribution in [-0.4, -0.2) is 30.2 Å². The zero-order valence-corrected chi connectivity index (χ0v) is 14.5. The van der Waals surface area contributed by atoms with Crippen molar-refractivity contribution in [2.75, 3.05) is 18.9 Å². The minimum atomic E-state index is 0.624. The minimum absolute atomic E-state index is 0.624. The molecule has 0 amide bonds. The average molecular weight is 308 g/mol. The third-order valence-corrected chi connectivity index (χ3v) is 5.68. The summed E-state index contributed by atoms with van der Waals surface area (Å²) in [6, 6.07) is 7.34. The van der Waals surface area contributed by atoms with Crippen molar-refractivity contribution >= 4 is 11.8 Å². The van der Waals surface area contributed by atoms with E-state index < -0.39 is 0 Å². The first kappa shape index (κ1) is 16.7. The van der Waals surface area contributed by atoms with E-state index in [2.05, 4.69) is 56.0 Å². The van der Waals surface area contributed by atoms with Crippen LogP contribution in [0.25, 0.3) is 0 Å². The molecule has 0 bridgehead atoms. The Morgan fingerprint density at radius 3 is 2.95 bits per heavy atom. The Kier molecular flexibility index (Phi) is 6.91. The quantitative estimate of drug-likeness (QED) is 0.743. The second-order valence-corrected chi connectivity index (χ2v) is 7.36. The number of rotatable bonds is 9. The lowest BCUT2D eigenvalue weighted by atomic mass is 10.0. The molecule has 1 heterocycles. The average Bonchev–Trinajstić information content (AvgIpc) is 2.97. The molecule has 0 saturated heterocycles. The predicted molar refractivity (Wildman–Crippen MR) is 93.6 cm³/mol. The van der Waals surface area contributed by atoms with E-state index in [9.17, 15) is 0 Å². The summed E-state index contributed by atoms with van der Waals surface area (Å²) in [6.07, 6.45) is 4.71. The van der Waals surface area contributed by atoms with Gasteiger partial charge in [0.2, 0.25) is 0 Å². The zero-order chi connectivity index (χ0) is 15.1. The topological polar surface area (TPSA) is 21.3 Å². The first-order valence-corrected chi connectivity index (χ1v) is 9.37. The monoisotopic (exact) mass is 307 g/mol. The molecule has 1 aromatic carbocycles. The van der Waals surface area contributed by atoms with Crippen molar-refractivity contribution in [3.05, 3.63) is 29.3 Å². The second kappa shape index (κ2) is 8.70. The maximum Gasteiger partial charge on any atom is 0.122 e. The predicted octanol–water partition coefficient (Wildman–Crippen LogP) is 4.06. The number of hydrogen-bond acceptors (Lipinski definition) is 3. The van der Waals surface area contributed by atoms with E-state index in [-0.39, 0.29) is 0 Å². The molecule has 0 spiro atoms. The smallest absolute Gasteiger partial charge is 0.122 e. The fourth-order valence-electron chi connectivity index (χ4n) is 2.67. The highest BCUT2D eigenvalue weighted by atomic mass is 32.2. The lowest BCUT2D eigenvalue weighted by molar-refractivity contribution is 0.357. The van der Waals surface area contributed by atoms with E-state index in [0.29, 0.717) is 6.04 Å². The van der Waals surface area contributed by atoms with Crippen LogP contribution >= 0.6 is 11.8 Å². The molecule has 118 valence electrons. The van der Waals surface area contributed by atoms with Crippen LogP contribution < -0.4 is 10.1 Å². The Morgan fingerprint density at radius 1 is 1.33 bits per heavy atom. The van der Waals surface area contributed by atoms with Crippen LogP contribution in [0, 0.1) is 0 Å². The van der Waals surface area contributed by atoms with Crippen LogP contribution in [0.5, 0.6) is 5.75 Å². The van der Waals surface area contributed by atoms with Gasteiger partial charge in [0.25, 0.3) is 0 Å². The van der Waals surface area contributed by atoms with Gasteiger partial charge < -0.3 is 10.1 Å². The molecule has 1 aliphatic heterocycles. The summed E-state index contributed by atoms with van der Waals surface area (Å²) in [7, 11) is 0. The summed E-state index contributed by atoms with van der Waals surface area (Å²) < 4.78 is 5.58. The summed E-state index contributed by atoms with van der Waals surface area (Å²) in [5.41, 5.74) is 2.84.